The summed E-state index contributed by atoms with van der Waals surface area (Å²) in [5, 5.41) is 9.65. The fourth-order valence-corrected chi connectivity index (χ4v) is 4.88. The van der Waals surface area contributed by atoms with E-state index >= 15 is 0 Å². The second-order valence-electron chi connectivity index (χ2n) is 6.72. The molecule has 2 atom stereocenters. The maximum absolute atomic E-state index is 11.7. The summed E-state index contributed by atoms with van der Waals surface area (Å²) in [7, 11) is 0. The highest BCUT2D eigenvalue weighted by Crippen LogP contribution is 2.38. The second-order valence-corrected chi connectivity index (χ2v) is 7.92. The van der Waals surface area contributed by atoms with Gasteiger partial charge in [0.2, 0.25) is 0 Å². The Balaban J connectivity index is 2.08. The SMILES string of the molecule is CCc1ccc(C(c2cc(C)cc(C)c2)N2CCCC2C(=O)O)s1. The summed E-state index contributed by atoms with van der Waals surface area (Å²) in [5.41, 5.74) is 3.67. The van der Waals surface area contributed by atoms with Crippen LogP contribution in [-0.2, 0) is 11.2 Å². The van der Waals surface area contributed by atoms with Gasteiger partial charge in [-0.25, -0.2) is 0 Å². The van der Waals surface area contributed by atoms with Crippen molar-refractivity contribution in [1.29, 1.82) is 0 Å². The first-order chi connectivity index (χ1) is 11.5. The molecular formula is C20H25NO2S. The van der Waals surface area contributed by atoms with Gasteiger partial charge in [0.05, 0.1) is 6.04 Å². The smallest absolute Gasteiger partial charge is 0.320 e. The monoisotopic (exact) mass is 343 g/mol. The molecule has 1 aromatic carbocycles. The van der Waals surface area contributed by atoms with Gasteiger partial charge < -0.3 is 5.11 Å². The topological polar surface area (TPSA) is 40.5 Å². The predicted molar refractivity (Wildman–Crippen MR) is 98.8 cm³/mol. The number of carboxylic acid groups (broad SMARTS) is 1. The summed E-state index contributed by atoms with van der Waals surface area (Å²) in [5.74, 6) is -0.700. The lowest BCUT2D eigenvalue weighted by Crippen LogP contribution is -2.39. The average molecular weight is 343 g/mol. The number of hydrogen-bond donors (Lipinski definition) is 1. The molecule has 0 aliphatic carbocycles. The highest BCUT2D eigenvalue weighted by atomic mass is 32.1. The van der Waals surface area contributed by atoms with Gasteiger partial charge in [0.1, 0.15) is 6.04 Å². The number of nitrogens with zero attached hydrogens (tertiary/aromatic N) is 1. The zero-order valence-electron chi connectivity index (χ0n) is 14.6. The lowest BCUT2D eigenvalue weighted by Gasteiger charge is -2.31. The Morgan fingerprint density at radius 2 is 2.00 bits per heavy atom. The lowest BCUT2D eigenvalue weighted by molar-refractivity contribution is -0.142. The third-order valence-corrected chi connectivity index (χ3v) is 6.05. The molecule has 4 heteroatoms. The van der Waals surface area contributed by atoms with Crippen molar-refractivity contribution in [3.63, 3.8) is 0 Å². The molecule has 128 valence electrons. The molecule has 1 fully saturated rings. The Kier molecular flexibility index (Phi) is 5.07. The van der Waals surface area contributed by atoms with Crippen molar-refractivity contribution in [3.8, 4) is 0 Å². The quantitative estimate of drug-likeness (QED) is 0.865. The molecule has 0 bridgehead atoms. The maximum Gasteiger partial charge on any atom is 0.320 e. The number of aliphatic carboxylic acids is 1. The third-order valence-electron chi connectivity index (χ3n) is 4.77. The predicted octanol–water partition coefficient (Wildman–Crippen LogP) is 4.57. The number of likely N-dealkylation sites (tertiary alicyclic amines) is 1. The van der Waals surface area contributed by atoms with Crippen LogP contribution in [0.15, 0.2) is 30.3 Å². The molecule has 1 aliphatic heterocycles. The summed E-state index contributed by atoms with van der Waals surface area (Å²) in [6.45, 7) is 7.22. The van der Waals surface area contributed by atoms with Crippen LogP contribution >= 0.6 is 11.3 Å². The van der Waals surface area contributed by atoms with Gasteiger partial charge in [-0.15, -0.1) is 11.3 Å². The largest absolute Gasteiger partial charge is 0.480 e. The van der Waals surface area contributed by atoms with Gasteiger partial charge in [0, 0.05) is 16.3 Å². The summed E-state index contributed by atoms with van der Waals surface area (Å²) in [4.78, 5) is 16.5. The Hall–Kier alpha value is -1.65. The summed E-state index contributed by atoms with van der Waals surface area (Å²) >= 11 is 1.81. The van der Waals surface area contributed by atoms with Gasteiger partial charge in [-0.1, -0.05) is 36.2 Å². The van der Waals surface area contributed by atoms with Gasteiger partial charge in [-0.3, -0.25) is 9.69 Å². The van der Waals surface area contributed by atoms with Gasteiger partial charge in [-0.2, -0.15) is 0 Å². The molecule has 2 unspecified atom stereocenters. The molecular weight excluding hydrogens is 318 g/mol. The standard InChI is InChI=1S/C20H25NO2S/c1-4-16-7-8-18(24-16)19(15-11-13(2)10-14(3)12-15)21-9-5-6-17(21)20(22)23/h7-8,10-12,17,19H,4-6,9H2,1-3H3,(H,22,23). The molecule has 1 aromatic heterocycles. The van der Waals surface area contributed by atoms with Crippen LogP contribution in [0.1, 0.15) is 52.3 Å². The van der Waals surface area contributed by atoms with Crippen LogP contribution in [0.2, 0.25) is 0 Å². The first kappa shape index (κ1) is 17.2. The number of carboxylic acids is 1. The Morgan fingerprint density at radius 3 is 2.58 bits per heavy atom. The summed E-state index contributed by atoms with van der Waals surface area (Å²) in [6.07, 6.45) is 2.71. The summed E-state index contributed by atoms with van der Waals surface area (Å²) in [6, 6.07) is 10.6. The van der Waals surface area contributed by atoms with Crippen LogP contribution in [0.5, 0.6) is 0 Å². The molecule has 0 saturated carbocycles. The van der Waals surface area contributed by atoms with E-state index in [1.807, 2.05) is 11.3 Å². The molecule has 3 nitrogen and oxygen atoms in total. The first-order valence-electron chi connectivity index (χ1n) is 8.65. The van der Waals surface area contributed by atoms with E-state index in [1.165, 1.54) is 26.4 Å². The molecule has 0 radical (unpaired) electrons. The molecule has 2 heterocycles. The van der Waals surface area contributed by atoms with E-state index in [0.717, 1.165) is 25.8 Å². The van der Waals surface area contributed by atoms with E-state index in [1.54, 1.807) is 0 Å². The lowest BCUT2D eigenvalue weighted by atomic mass is 9.98. The number of thiophene rings is 1. The van der Waals surface area contributed by atoms with Crippen LogP contribution in [0.4, 0.5) is 0 Å². The number of aryl methyl sites for hydroxylation is 3. The second kappa shape index (κ2) is 7.08. The molecule has 2 aromatic rings. The van der Waals surface area contributed by atoms with Crippen molar-refractivity contribution in [2.75, 3.05) is 6.54 Å². The Morgan fingerprint density at radius 1 is 1.29 bits per heavy atom. The number of rotatable bonds is 5. The van der Waals surface area contributed by atoms with E-state index in [2.05, 4.69) is 56.0 Å². The number of carbonyl (C=O) groups is 1. The van der Waals surface area contributed by atoms with Crippen molar-refractivity contribution in [2.24, 2.45) is 0 Å². The van der Waals surface area contributed by atoms with E-state index in [-0.39, 0.29) is 12.1 Å². The third kappa shape index (κ3) is 3.40. The van der Waals surface area contributed by atoms with Crippen LogP contribution in [0.25, 0.3) is 0 Å². The minimum absolute atomic E-state index is 0.0394. The fraction of sp³-hybridized carbons (Fsp3) is 0.450. The normalized spacial score (nSPS) is 19.5. The van der Waals surface area contributed by atoms with Crippen molar-refractivity contribution >= 4 is 17.3 Å². The molecule has 1 N–H and O–H groups in total. The first-order valence-corrected chi connectivity index (χ1v) is 9.46. The van der Waals surface area contributed by atoms with Crippen molar-refractivity contribution in [3.05, 3.63) is 56.8 Å². The van der Waals surface area contributed by atoms with Crippen molar-refractivity contribution in [2.45, 2.75) is 52.1 Å². The zero-order chi connectivity index (χ0) is 17.3. The van der Waals surface area contributed by atoms with E-state index < -0.39 is 5.97 Å². The summed E-state index contributed by atoms with van der Waals surface area (Å²) < 4.78 is 0. The minimum Gasteiger partial charge on any atom is -0.480 e. The van der Waals surface area contributed by atoms with Crippen LogP contribution in [0, 0.1) is 13.8 Å². The maximum atomic E-state index is 11.7. The van der Waals surface area contributed by atoms with Gasteiger partial charge in [0.25, 0.3) is 0 Å². The fourth-order valence-electron chi connectivity index (χ4n) is 3.78. The van der Waals surface area contributed by atoms with Crippen molar-refractivity contribution in [1.82, 2.24) is 4.90 Å². The van der Waals surface area contributed by atoms with E-state index in [4.69, 9.17) is 0 Å². The average Bonchev–Trinajstić information content (AvgIpc) is 3.16. The highest BCUT2D eigenvalue weighted by molar-refractivity contribution is 7.12. The molecule has 0 spiro atoms. The van der Waals surface area contributed by atoms with Crippen LogP contribution < -0.4 is 0 Å². The zero-order valence-corrected chi connectivity index (χ0v) is 15.4. The van der Waals surface area contributed by atoms with Crippen LogP contribution in [-0.4, -0.2) is 28.6 Å². The highest BCUT2D eigenvalue weighted by Gasteiger charge is 2.37. The van der Waals surface area contributed by atoms with Gasteiger partial charge >= 0.3 is 5.97 Å². The number of benzene rings is 1. The minimum atomic E-state index is -0.700. The molecule has 3 rings (SSSR count). The Bertz CT molecular complexity index is 717. The molecule has 0 amide bonds. The van der Waals surface area contributed by atoms with Crippen molar-refractivity contribution < 1.29 is 9.90 Å². The van der Waals surface area contributed by atoms with E-state index in [0.29, 0.717) is 0 Å². The Labute approximate surface area is 147 Å². The van der Waals surface area contributed by atoms with Crippen LogP contribution in [0.3, 0.4) is 0 Å². The molecule has 1 aliphatic rings. The molecule has 1 saturated heterocycles. The van der Waals surface area contributed by atoms with Gasteiger partial charge in [-0.05, 0) is 50.8 Å². The van der Waals surface area contributed by atoms with Gasteiger partial charge in [0.15, 0.2) is 0 Å². The molecule has 24 heavy (non-hydrogen) atoms. The number of hydrogen-bond acceptors (Lipinski definition) is 3. The van der Waals surface area contributed by atoms with E-state index in [9.17, 15) is 9.90 Å².